The molecular formula is C13H20N2O2. The number of rotatable bonds is 7. The lowest BCUT2D eigenvalue weighted by Gasteiger charge is -2.20. The lowest BCUT2D eigenvalue weighted by molar-refractivity contribution is -0.118. The van der Waals surface area contributed by atoms with Gasteiger partial charge in [-0.25, -0.2) is 0 Å². The Hall–Kier alpha value is -1.39. The van der Waals surface area contributed by atoms with Crippen LogP contribution < -0.4 is 11.5 Å². The maximum Gasteiger partial charge on any atom is 0.217 e. The van der Waals surface area contributed by atoms with Gasteiger partial charge in [-0.2, -0.15) is 0 Å². The Labute approximate surface area is 102 Å². The first-order valence-corrected chi connectivity index (χ1v) is 5.79. The second-order valence-corrected chi connectivity index (χ2v) is 4.17. The summed E-state index contributed by atoms with van der Waals surface area (Å²) in [5.74, 6) is -0.323. The van der Waals surface area contributed by atoms with Gasteiger partial charge >= 0.3 is 0 Å². The van der Waals surface area contributed by atoms with Crippen molar-refractivity contribution in [2.45, 2.75) is 38.5 Å². The molecule has 0 radical (unpaired) electrons. The normalized spacial score (nSPS) is 14.2. The Kier molecular flexibility index (Phi) is 5.66. The zero-order valence-electron chi connectivity index (χ0n) is 10.1. The molecule has 1 aromatic rings. The summed E-state index contributed by atoms with van der Waals surface area (Å²) in [6, 6.07) is 9.74. The molecule has 0 bridgehead atoms. The number of amides is 1. The molecule has 4 heteroatoms. The maximum atomic E-state index is 10.6. The fourth-order valence-corrected chi connectivity index (χ4v) is 1.47. The largest absolute Gasteiger partial charge is 0.372 e. The van der Waals surface area contributed by atoms with E-state index in [1.54, 1.807) is 0 Å². The highest BCUT2D eigenvalue weighted by molar-refractivity contribution is 5.73. The van der Waals surface area contributed by atoms with E-state index in [4.69, 9.17) is 16.2 Å². The number of ether oxygens (including phenoxy) is 1. The van der Waals surface area contributed by atoms with Gasteiger partial charge < -0.3 is 16.2 Å². The fourth-order valence-electron chi connectivity index (χ4n) is 1.47. The quantitative estimate of drug-likeness (QED) is 0.746. The molecule has 0 aliphatic carbocycles. The van der Waals surface area contributed by atoms with E-state index in [9.17, 15) is 4.79 Å². The minimum absolute atomic E-state index is 0.0884. The Morgan fingerprint density at radius 2 is 2.00 bits per heavy atom. The standard InChI is InChI=1S/C13H20N2O2/c1-10(12(14)7-8-13(15)16)17-9-11-5-3-2-4-6-11/h2-6,10,12H,7-9,14H2,1H3,(H2,15,16). The number of hydrogen-bond acceptors (Lipinski definition) is 3. The molecule has 1 aromatic carbocycles. The van der Waals surface area contributed by atoms with Gasteiger partial charge in [0.05, 0.1) is 12.7 Å². The van der Waals surface area contributed by atoms with Gasteiger partial charge in [0.25, 0.3) is 0 Å². The van der Waals surface area contributed by atoms with Crippen LogP contribution in [0.4, 0.5) is 0 Å². The minimum Gasteiger partial charge on any atom is -0.372 e. The molecule has 2 unspecified atom stereocenters. The van der Waals surface area contributed by atoms with Crippen LogP contribution in [0, 0.1) is 0 Å². The molecular weight excluding hydrogens is 216 g/mol. The van der Waals surface area contributed by atoms with Gasteiger partial charge in [-0.1, -0.05) is 30.3 Å². The molecule has 0 spiro atoms. The molecule has 0 heterocycles. The summed E-state index contributed by atoms with van der Waals surface area (Å²) in [5, 5.41) is 0. The highest BCUT2D eigenvalue weighted by Crippen LogP contribution is 2.07. The van der Waals surface area contributed by atoms with Crippen LogP contribution in [0.15, 0.2) is 30.3 Å². The van der Waals surface area contributed by atoms with Crippen LogP contribution in [0.3, 0.4) is 0 Å². The number of carbonyl (C=O) groups excluding carboxylic acids is 1. The van der Waals surface area contributed by atoms with Crippen molar-refractivity contribution in [3.05, 3.63) is 35.9 Å². The van der Waals surface area contributed by atoms with Crippen LogP contribution >= 0.6 is 0 Å². The first-order valence-electron chi connectivity index (χ1n) is 5.79. The van der Waals surface area contributed by atoms with Crippen LogP contribution in [0.5, 0.6) is 0 Å². The highest BCUT2D eigenvalue weighted by Gasteiger charge is 2.14. The van der Waals surface area contributed by atoms with Crippen molar-refractivity contribution < 1.29 is 9.53 Å². The van der Waals surface area contributed by atoms with Gasteiger partial charge in [-0.15, -0.1) is 0 Å². The lowest BCUT2D eigenvalue weighted by atomic mass is 10.1. The summed E-state index contributed by atoms with van der Waals surface area (Å²) in [6.45, 7) is 2.45. The predicted molar refractivity (Wildman–Crippen MR) is 67.1 cm³/mol. The molecule has 2 atom stereocenters. The van der Waals surface area contributed by atoms with Crippen LogP contribution in [0.25, 0.3) is 0 Å². The molecule has 0 aromatic heterocycles. The number of benzene rings is 1. The van der Waals surface area contributed by atoms with Crippen molar-refractivity contribution >= 4 is 5.91 Å². The van der Waals surface area contributed by atoms with Gasteiger partial charge in [0.15, 0.2) is 0 Å². The molecule has 0 aliphatic heterocycles. The van der Waals surface area contributed by atoms with Crippen molar-refractivity contribution in [1.29, 1.82) is 0 Å². The molecule has 1 rings (SSSR count). The zero-order valence-corrected chi connectivity index (χ0v) is 10.1. The third kappa shape index (κ3) is 5.47. The van der Waals surface area contributed by atoms with Crippen molar-refractivity contribution in [2.75, 3.05) is 0 Å². The topological polar surface area (TPSA) is 78.3 Å². The molecule has 0 saturated heterocycles. The van der Waals surface area contributed by atoms with E-state index in [2.05, 4.69) is 0 Å². The average Bonchev–Trinajstić information content (AvgIpc) is 2.34. The van der Waals surface area contributed by atoms with Gasteiger partial charge in [0, 0.05) is 12.5 Å². The van der Waals surface area contributed by atoms with Gasteiger partial charge in [0.1, 0.15) is 0 Å². The molecule has 0 fully saturated rings. The first-order chi connectivity index (χ1) is 8.09. The van der Waals surface area contributed by atoms with Crippen molar-refractivity contribution in [3.63, 3.8) is 0 Å². The van der Waals surface area contributed by atoms with Crippen LogP contribution in [0.1, 0.15) is 25.3 Å². The van der Waals surface area contributed by atoms with E-state index in [0.717, 1.165) is 5.56 Å². The summed E-state index contributed by atoms with van der Waals surface area (Å²) in [4.78, 5) is 10.6. The molecule has 94 valence electrons. The predicted octanol–water partition coefficient (Wildman–Crippen LogP) is 1.18. The van der Waals surface area contributed by atoms with E-state index in [-0.39, 0.29) is 18.1 Å². The van der Waals surface area contributed by atoms with E-state index in [0.29, 0.717) is 19.4 Å². The Bertz CT molecular complexity index is 341. The van der Waals surface area contributed by atoms with E-state index >= 15 is 0 Å². The molecule has 0 saturated carbocycles. The van der Waals surface area contributed by atoms with Gasteiger partial charge in [-0.3, -0.25) is 4.79 Å². The lowest BCUT2D eigenvalue weighted by Crippen LogP contribution is -2.35. The van der Waals surface area contributed by atoms with E-state index < -0.39 is 0 Å². The van der Waals surface area contributed by atoms with E-state index in [1.165, 1.54) is 0 Å². The summed E-state index contributed by atoms with van der Waals surface area (Å²) in [7, 11) is 0. The Balaban J connectivity index is 2.29. The molecule has 4 nitrogen and oxygen atoms in total. The molecule has 17 heavy (non-hydrogen) atoms. The monoisotopic (exact) mass is 236 g/mol. The van der Waals surface area contributed by atoms with Crippen LogP contribution in [0.2, 0.25) is 0 Å². The molecule has 1 amide bonds. The van der Waals surface area contributed by atoms with Crippen LogP contribution in [-0.4, -0.2) is 18.1 Å². The van der Waals surface area contributed by atoms with Crippen LogP contribution in [-0.2, 0) is 16.1 Å². The van der Waals surface area contributed by atoms with Crippen molar-refractivity contribution in [3.8, 4) is 0 Å². The molecule has 0 aliphatic rings. The number of primary amides is 1. The van der Waals surface area contributed by atoms with Gasteiger partial charge in [-0.05, 0) is 18.9 Å². The SMILES string of the molecule is CC(OCc1ccccc1)C(N)CCC(N)=O. The Morgan fingerprint density at radius 1 is 1.35 bits per heavy atom. The van der Waals surface area contributed by atoms with Crippen molar-refractivity contribution in [2.24, 2.45) is 11.5 Å². The van der Waals surface area contributed by atoms with Gasteiger partial charge in [0.2, 0.25) is 5.91 Å². The van der Waals surface area contributed by atoms with Crippen molar-refractivity contribution in [1.82, 2.24) is 0 Å². The zero-order chi connectivity index (χ0) is 12.7. The summed E-state index contributed by atoms with van der Waals surface area (Å²) in [5.41, 5.74) is 12.1. The Morgan fingerprint density at radius 3 is 2.59 bits per heavy atom. The number of carbonyl (C=O) groups is 1. The number of nitrogens with two attached hydrogens (primary N) is 2. The highest BCUT2D eigenvalue weighted by atomic mass is 16.5. The second kappa shape index (κ2) is 7.04. The number of hydrogen-bond donors (Lipinski definition) is 2. The first kappa shape index (κ1) is 13.7. The third-order valence-corrected chi connectivity index (χ3v) is 2.68. The maximum absolute atomic E-state index is 10.6. The minimum atomic E-state index is -0.323. The summed E-state index contributed by atoms with van der Waals surface area (Å²) >= 11 is 0. The summed E-state index contributed by atoms with van der Waals surface area (Å²) in [6.07, 6.45) is 0.778. The fraction of sp³-hybridized carbons (Fsp3) is 0.462. The molecule has 4 N–H and O–H groups in total. The third-order valence-electron chi connectivity index (χ3n) is 2.68. The average molecular weight is 236 g/mol. The smallest absolute Gasteiger partial charge is 0.217 e. The van der Waals surface area contributed by atoms with E-state index in [1.807, 2.05) is 37.3 Å². The summed E-state index contributed by atoms with van der Waals surface area (Å²) < 4.78 is 5.64. The second-order valence-electron chi connectivity index (χ2n) is 4.17.